The number of Topliss-reactive ketones (excluding diaryl/α,β-unsaturated/α-hetero) is 1. The molecule has 1 aromatic carbocycles. The summed E-state index contributed by atoms with van der Waals surface area (Å²) in [7, 11) is 0. The molecule has 0 saturated heterocycles. The molecule has 5 nitrogen and oxygen atoms in total. The van der Waals surface area contributed by atoms with Crippen molar-refractivity contribution in [3.63, 3.8) is 0 Å². The van der Waals surface area contributed by atoms with E-state index >= 15 is 0 Å². The molecule has 0 atom stereocenters. The number of ketones is 1. The van der Waals surface area contributed by atoms with E-state index < -0.39 is 0 Å². The Morgan fingerprint density at radius 3 is 2.67 bits per heavy atom. The second-order valence-corrected chi connectivity index (χ2v) is 7.51. The molecule has 0 aliphatic heterocycles. The number of hydrogen-bond donors (Lipinski definition) is 1. The fourth-order valence-electron chi connectivity index (χ4n) is 2.81. The molecule has 1 fully saturated rings. The van der Waals surface area contributed by atoms with Crippen LogP contribution in [-0.2, 0) is 11.2 Å². The maximum absolute atomic E-state index is 12.2. The fraction of sp³-hybridized carbons (Fsp3) is 0.238. The summed E-state index contributed by atoms with van der Waals surface area (Å²) in [6.07, 6.45) is 6.45. The lowest BCUT2D eigenvalue weighted by molar-refractivity contribution is -0.116. The Bertz CT molecular complexity index is 947. The van der Waals surface area contributed by atoms with Crippen molar-refractivity contribution in [1.29, 1.82) is 0 Å². The van der Waals surface area contributed by atoms with E-state index in [9.17, 15) is 9.59 Å². The SMILES string of the molecule is O=C(CCc1csc(-c2cccnc2)n1)Nc1ccc(C(=O)C2CC2)cc1. The molecule has 1 saturated carbocycles. The zero-order chi connectivity index (χ0) is 18.6. The molecule has 0 bridgehead atoms. The topological polar surface area (TPSA) is 72.0 Å². The van der Waals surface area contributed by atoms with E-state index in [1.807, 2.05) is 17.5 Å². The highest BCUT2D eigenvalue weighted by Gasteiger charge is 2.30. The van der Waals surface area contributed by atoms with E-state index in [1.165, 1.54) is 0 Å². The third-order valence-corrected chi connectivity index (χ3v) is 5.41. The van der Waals surface area contributed by atoms with E-state index in [1.54, 1.807) is 48.0 Å². The van der Waals surface area contributed by atoms with Gasteiger partial charge in [-0.2, -0.15) is 0 Å². The average molecular weight is 377 g/mol. The smallest absolute Gasteiger partial charge is 0.224 e. The van der Waals surface area contributed by atoms with Crippen LogP contribution in [0.5, 0.6) is 0 Å². The second-order valence-electron chi connectivity index (χ2n) is 6.65. The maximum Gasteiger partial charge on any atom is 0.224 e. The minimum Gasteiger partial charge on any atom is -0.326 e. The Labute approximate surface area is 161 Å². The Balaban J connectivity index is 1.29. The van der Waals surface area contributed by atoms with Gasteiger partial charge < -0.3 is 5.32 Å². The van der Waals surface area contributed by atoms with E-state index in [0.717, 1.165) is 34.7 Å². The second kappa shape index (κ2) is 7.80. The Morgan fingerprint density at radius 2 is 1.96 bits per heavy atom. The van der Waals surface area contributed by atoms with Gasteiger partial charge in [-0.3, -0.25) is 14.6 Å². The zero-order valence-electron chi connectivity index (χ0n) is 14.7. The molecular formula is C21H19N3O2S. The summed E-state index contributed by atoms with van der Waals surface area (Å²) >= 11 is 1.56. The number of nitrogens with zero attached hydrogens (tertiary/aromatic N) is 2. The number of nitrogens with one attached hydrogen (secondary N) is 1. The molecule has 0 unspecified atom stereocenters. The average Bonchev–Trinajstić information content (AvgIpc) is 3.45. The van der Waals surface area contributed by atoms with Gasteiger partial charge in [0.25, 0.3) is 0 Å². The van der Waals surface area contributed by atoms with E-state index in [-0.39, 0.29) is 17.6 Å². The predicted molar refractivity (Wildman–Crippen MR) is 106 cm³/mol. The van der Waals surface area contributed by atoms with Crippen LogP contribution in [0, 0.1) is 5.92 Å². The van der Waals surface area contributed by atoms with Crippen molar-refractivity contribution in [2.24, 2.45) is 5.92 Å². The third kappa shape index (κ3) is 4.46. The molecule has 0 radical (unpaired) electrons. The van der Waals surface area contributed by atoms with Gasteiger partial charge in [0.1, 0.15) is 5.01 Å². The predicted octanol–water partition coefficient (Wildman–Crippen LogP) is 4.37. The number of rotatable bonds is 7. The van der Waals surface area contributed by atoms with Crippen molar-refractivity contribution in [3.8, 4) is 10.6 Å². The first kappa shape index (κ1) is 17.5. The van der Waals surface area contributed by atoms with Crippen molar-refractivity contribution in [2.75, 3.05) is 5.32 Å². The van der Waals surface area contributed by atoms with E-state index in [4.69, 9.17) is 0 Å². The third-order valence-electron chi connectivity index (χ3n) is 4.47. The summed E-state index contributed by atoms with van der Waals surface area (Å²) in [6.45, 7) is 0. The first-order valence-electron chi connectivity index (χ1n) is 8.98. The highest BCUT2D eigenvalue weighted by Crippen LogP contribution is 2.32. The number of anilines is 1. The lowest BCUT2D eigenvalue weighted by Gasteiger charge is -2.06. The van der Waals surface area contributed by atoms with Gasteiger partial charge in [-0.15, -0.1) is 11.3 Å². The van der Waals surface area contributed by atoms with Gasteiger partial charge in [-0.05, 0) is 55.7 Å². The van der Waals surface area contributed by atoms with Crippen LogP contribution in [0.3, 0.4) is 0 Å². The minimum atomic E-state index is -0.0628. The zero-order valence-corrected chi connectivity index (χ0v) is 15.5. The lowest BCUT2D eigenvalue weighted by atomic mass is 10.1. The maximum atomic E-state index is 12.2. The van der Waals surface area contributed by atoms with Gasteiger partial charge in [-0.1, -0.05) is 0 Å². The summed E-state index contributed by atoms with van der Waals surface area (Å²) in [5.74, 6) is 0.355. The van der Waals surface area contributed by atoms with Crippen LogP contribution >= 0.6 is 11.3 Å². The number of thiazole rings is 1. The number of amides is 1. The van der Waals surface area contributed by atoms with Crippen molar-refractivity contribution < 1.29 is 9.59 Å². The van der Waals surface area contributed by atoms with Gasteiger partial charge in [0, 0.05) is 46.9 Å². The number of carbonyl (C=O) groups is 2. The summed E-state index contributed by atoms with van der Waals surface area (Å²) < 4.78 is 0. The molecule has 136 valence electrons. The van der Waals surface area contributed by atoms with Crippen LogP contribution in [0.1, 0.15) is 35.3 Å². The van der Waals surface area contributed by atoms with Gasteiger partial charge in [-0.25, -0.2) is 4.98 Å². The fourth-order valence-corrected chi connectivity index (χ4v) is 3.65. The van der Waals surface area contributed by atoms with Crippen molar-refractivity contribution in [1.82, 2.24) is 9.97 Å². The van der Waals surface area contributed by atoms with Gasteiger partial charge >= 0.3 is 0 Å². The molecule has 1 aliphatic carbocycles. The number of pyridine rings is 1. The normalized spacial score (nSPS) is 13.3. The summed E-state index contributed by atoms with van der Waals surface area (Å²) in [4.78, 5) is 32.9. The number of carbonyl (C=O) groups excluding carboxylic acids is 2. The van der Waals surface area contributed by atoms with Gasteiger partial charge in [0.2, 0.25) is 5.91 Å². The Kier molecular flexibility index (Phi) is 5.07. The molecule has 2 aromatic heterocycles. The number of benzene rings is 1. The first-order chi connectivity index (χ1) is 13.2. The van der Waals surface area contributed by atoms with Crippen molar-refractivity contribution >= 4 is 28.7 Å². The molecular weight excluding hydrogens is 358 g/mol. The quantitative estimate of drug-likeness (QED) is 0.621. The molecule has 27 heavy (non-hydrogen) atoms. The monoisotopic (exact) mass is 377 g/mol. The van der Waals surface area contributed by atoms with Crippen LogP contribution < -0.4 is 5.32 Å². The molecule has 4 rings (SSSR count). The number of aryl methyl sites for hydroxylation is 1. The van der Waals surface area contributed by atoms with Crippen LogP contribution in [0.15, 0.2) is 54.2 Å². The molecule has 1 amide bonds. The van der Waals surface area contributed by atoms with E-state index in [2.05, 4.69) is 15.3 Å². The molecule has 0 spiro atoms. The van der Waals surface area contributed by atoms with Crippen molar-refractivity contribution in [2.45, 2.75) is 25.7 Å². The van der Waals surface area contributed by atoms with Crippen LogP contribution in [0.2, 0.25) is 0 Å². The first-order valence-corrected chi connectivity index (χ1v) is 9.86. The highest BCUT2D eigenvalue weighted by atomic mass is 32.1. The molecule has 2 heterocycles. The number of hydrogen-bond acceptors (Lipinski definition) is 5. The van der Waals surface area contributed by atoms with Crippen LogP contribution in [-0.4, -0.2) is 21.7 Å². The molecule has 1 aliphatic rings. The van der Waals surface area contributed by atoms with Crippen LogP contribution in [0.4, 0.5) is 5.69 Å². The van der Waals surface area contributed by atoms with Gasteiger partial charge in [0.15, 0.2) is 5.78 Å². The largest absolute Gasteiger partial charge is 0.326 e. The molecule has 3 aromatic rings. The summed E-state index contributed by atoms with van der Waals surface area (Å²) in [5.41, 5.74) is 3.32. The van der Waals surface area contributed by atoms with Crippen molar-refractivity contribution in [3.05, 3.63) is 65.4 Å². The highest BCUT2D eigenvalue weighted by molar-refractivity contribution is 7.13. The minimum absolute atomic E-state index is 0.0628. The summed E-state index contributed by atoms with van der Waals surface area (Å²) in [5, 5.41) is 5.77. The molecule has 6 heteroatoms. The standard InChI is InChI=1S/C21H19N3O2S/c25-19(23-17-7-5-15(6-8-17)20(26)14-3-4-14)10-9-18-13-27-21(24-18)16-2-1-11-22-12-16/h1-2,5-8,11-14H,3-4,9-10H2,(H,23,25). The number of aromatic nitrogens is 2. The van der Waals surface area contributed by atoms with Crippen LogP contribution in [0.25, 0.3) is 10.6 Å². The lowest BCUT2D eigenvalue weighted by Crippen LogP contribution is -2.12. The summed E-state index contributed by atoms with van der Waals surface area (Å²) in [6, 6.07) is 11.0. The molecule has 1 N–H and O–H groups in total. The Morgan fingerprint density at radius 1 is 1.15 bits per heavy atom. The van der Waals surface area contributed by atoms with Gasteiger partial charge in [0.05, 0.1) is 5.69 Å². The Hall–Kier alpha value is -2.86. The van der Waals surface area contributed by atoms with E-state index in [0.29, 0.717) is 18.5 Å².